The summed E-state index contributed by atoms with van der Waals surface area (Å²) in [5.74, 6) is 2.41. The summed E-state index contributed by atoms with van der Waals surface area (Å²) in [6, 6.07) is 5.74. The van der Waals surface area contributed by atoms with Gasteiger partial charge in [-0.1, -0.05) is 19.9 Å². The third-order valence-corrected chi connectivity index (χ3v) is 3.56. The van der Waals surface area contributed by atoms with Crippen LogP contribution in [0.25, 0.3) is 0 Å². The Kier molecular flexibility index (Phi) is 6.12. The molecule has 0 saturated carbocycles. The summed E-state index contributed by atoms with van der Waals surface area (Å²) in [6.07, 6.45) is 0. The van der Waals surface area contributed by atoms with E-state index in [0.717, 1.165) is 23.6 Å². The fraction of sp³-hybridized carbons (Fsp3) is 0.600. The van der Waals surface area contributed by atoms with Crippen molar-refractivity contribution in [2.24, 2.45) is 17.6 Å². The molecule has 0 spiro atoms. The van der Waals surface area contributed by atoms with E-state index in [1.165, 1.54) is 0 Å². The first-order chi connectivity index (χ1) is 9.04. The Morgan fingerprint density at radius 3 is 2.37 bits per heavy atom. The molecule has 0 radical (unpaired) electrons. The number of nitrogens with two attached hydrogens (primary N) is 1. The van der Waals surface area contributed by atoms with Gasteiger partial charge in [0.2, 0.25) is 0 Å². The molecule has 0 fully saturated rings. The summed E-state index contributed by atoms with van der Waals surface area (Å²) in [7, 11) is 5.26. The average Bonchev–Trinajstić information content (AvgIpc) is 2.42. The molecule has 0 heterocycles. The second-order valence-corrected chi connectivity index (χ2v) is 5.10. The SMILES string of the molecule is CNCC(C(C)C)C(N)c1ccc(OC)cc1OC. The van der Waals surface area contributed by atoms with E-state index in [1.54, 1.807) is 14.2 Å². The van der Waals surface area contributed by atoms with Gasteiger partial charge in [-0.05, 0) is 31.5 Å². The van der Waals surface area contributed by atoms with Crippen LogP contribution in [0.1, 0.15) is 25.5 Å². The molecule has 0 saturated heterocycles. The fourth-order valence-corrected chi connectivity index (χ4v) is 2.34. The van der Waals surface area contributed by atoms with E-state index in [1.807, 2.05) is 25.2 Å². The molecule has 3 N–H and O–H groups in total. The molecule has 2 unspecified atom stereocenters. The summed E-state index contributed by atoms with van der Waals surface area (Å²) in [5, 5.41) is 3.21. The van der Waals surface area contributed by atoms with E-state index in [-0.39, 0.29) is 6.04 Å². The zero-order valence-corrected chi connectivity index (χ0v) is 12.6. The molecule has 0 aliphatic rings. The molecule has 108 valence electrons. The standard InChI is InChI=1S/C15H26N2O2/c1-10(2)13(9-17-3)15(16)12-7-6-11(18-4)8-14(12)19-5/h6-8,10,13,15,17H,9,16H2,1-5H3. The van der Waals surface area contributed by atoms with Crippen molar-refractivity contribution in [2.75, 3.05) is 27.8 Å². The normalized spacial score (nSPS) is 14.3. The third-order valence-electron chi connectivity index (χ3n) is 3.56. The van der Waals surface area contributed by atoms with E-state index in [4.69, 9.17) is 15.2 Å². The summed E-state index contributed by atoms with van der Waals surface area (Å²) < 4.78 is 10.7. The minimum Gasteiger partial charge on any atom is -0.497 e. The highest BCUT2D eigenvalue weighted by Crippen LogP contribution is 2.34. The molecule has 19 heavy (non-hydrogen) atoms. The van der Waals surface area contributed by atoms with E-state index in [0.29, 0.717) is 11.8 Å². The first-order valence-electron chi connectivity index (χ1n) is 6.67. The lowest BCUT2D eigenvalue weighted by molar-refractivity contribution is 0.305. The quantitative estimate of drug-likeness (QED) is 0.794. The lowest BCUT2D eigenvalue weighted by Gasteiger charge is -2.28. The predicted molar refractivity (Wildman–Crippen MR) is 78.7 cm³/mol. The van der Waals surface area contributed by atoms with Crippen molar-refractivity contribution in [1.29, 1.82) is 0 Å². The van der Waals surface area contributed by atoms with Gasteiger partial charge in [0.05, 0.1) is 14.2 Å². The minimum absolute atomic E-state index is 0.0618. The zero-order valence-electron chi connectivity index (χ0n) is 12.6. The van der Waals surface area contributed by atoms with Gasteiger partial charge in [-0.15, -0.1) is 0 Å². The van der Waals surface area contributed by atoms with Gasteiger partial charge in [0.15, 0.2) is 0 Å². The summed E-state index contributed by atoms with van der Waals surface area (Å²) in [4.78, 5) is 0. The van der Waals surface area contributed by atoms with E-state index < -0.39 is 0 Å². The van der Waals surface area contributed by atoms with Crippen LogP contribution in [0.5, 0.6) is 11.5 Å². The second kappa shape index (κ2) is 7.36. The summed E-state index contributed by atoms with van der Waals surface area (Å²) >= 11 is 0. The molecule has 0 amide bonds. The minimum atomic E-state index is -0.0618. The van der Waals surface area contributed by atoms with Crippen LogP contribution in [-0.2, 0) is 0 Å². The Balaban J connectivity index is 3.05. The molecule has 0 aliphatic carbocycles. The lowest BCUT2D eigenvalue weighted by Crippen LogP contribution is -2.33. The Hall–Kier alpha value is -1.26. The van der Waals surface area contributed by atoms with Gasteiger partial charge in [-0.2, -0.15) is 0 Å². The number of ether oxygens (including phenoxy) is 2. The highest BCUT2D eigenvalue weighted by molar-refractivity contribution is 5.42. The van der Waals surface area contributed by atoms with E-state index in [2.05, 4.69) is 19.2 Å². The average molecular weight is 266 g/mol. The summed E-state index contributed by atoms with van der Waals surface area (Å²) in [5.41, 5.74) is 7.46. The Morgan fingerprint density at radius 1 is 1.21 bits per heavy atom. The molecular weight excluding hydrogens is 240 g/mol. The number of methoxy groups -OCH3 is 2. The largest absolute Gasteiger partial charge is 0.497 e. The van der Waals surface area contributed by atoms with Crippen LogP contribution in [0.15, 0.2) is 18.2 Å². The molecule has 0 bridgehead atoms. The fourth-order valence-electron chi connectivity index (χ4n) is 2.34. The smallest absolute Gasteiger partial charge is 0.127 e. The Morgan fingerprint density at radius 2 is 1.89 bits per heavy atom. The van der Waals surface area contributed by atoms with Crippen LogP contribution < -0.4 is 20.5 Å². The third kappa shape index (κ3) is 3.85. The van der Waals surface area contributed by atoms with Gasteiger partial charge in [0.25, 0.3) is 0 Å². The Labute approximate surface area is 116 Å². The first kappa shape index (κ1) is 15.8. The first-order valence-corrected chi connectivity index (χ1v) is 6.67. The maximum Gasteiger partial charge on any atom is 0.127 e. The molecule has 1 aromatic carbocycles. The van der Waals surface area contributed by atoms with Crippen molar-refractivity contribution >= 4 is 0 Å². The maximum absolute atomic E-state index is 6.43. The van der Waals surface area contributed by atoms with Gasteiger partial charge in [-0.3, -0.25) is 0 Å². The van der Waals surface area contributed by atoms with Crippen molar-refractivity contribution in [3.8, 4) is 11.5 Å². The van der Waals surface area contributed by atoms with Crippen molar-refractivity contribution in [2.45, 2.75) is 19.9 Å². The number of nitrogens with one attached hydrogen (secondary N) is 1. The molecule has 1 rings (SSSR count). The highest BCUT2D eigenvalue weighted by Gasteiger charge is 2.24. The number of benzene rings is 1. The second-order valence-electron chi connectivity index (χ2n) is 5.10. The van der Waals surface area contributed by atoms with Gasteiger partial charge in [0.1, 0.15) is 11.5 Å². The number of hydrogen-bond acceptors (Lipinski definition) is 4. The highest BCUT2D eigenvalue weighted by atomic mass is 16.5. The number of rotatable bonds is 7. The number of hydrogen-bond donors (Lipinski definition) is 2. The van der Waals surface area contributed by atoms with Gasteiger partial charge < -0.3 is 20.5 Å². The van der Waals surface area contributed by atoms with Gasteiger partial charge in [-0.25, -0.2) is 0 Å². The van der Waals surface area contributed by atoms with Crippen molar-refractivity contribution in [3.05, 3.63) is 23.8 Å². The van der Waals surface area contributed by atoms with Crippen LogP contribution in [0.3, 0.4) is 0 Å². The van der Waals surface area contributed by atoms with Gasteiger partial charge >= 0.3 is 0 Å². The lowest BCUT2D eigenvalue weighted by atomic mass is 9.84. The molecular formula is C15H26N2O2. The summed E-state index contributed by atoms with van der Waals surface area (Å²) in [6.45, 7) is 5.27. The zero-order chi connectivity index (χ0) is 14.4. The van der Waals surface area contributed by atoms with Crippen LogP contribution in [0, 0.1) is 11.8 Å². The predicted octanol–water partition coefficient (Wildman–Crippen LogP) is 2.20. The molecule has 0 aromatic heterocycles. The maximum atomic E-state index is 6.43. The van der Waals surface area contributed by atoms with Crippen LogP contribution in [-0.4, -0.2) is 27.8 Å². The Bertz CT molecular complexity index is 394. The van der Waals surface area contributed by atoms with Crippen LogP contribution >= 0.6 is 0 Å². The van der Waals surface area contributed by atoms with Crippen molar-refractivity contribution in [1.82, 2.24) is 5.32 Å². The van der Waals surface area contributed by atoms with E-state index >= 15 is 0 Å². The topological polar surface area (TPSA) is 56.5 Å². The molecule has 4 nitrogen and oxygen atoms in total. The van der Waals surface area contributed by atoms with Crippen LogP contribution in [0.4, 0.5) is 0 Å². The van der Waals surface area contributed by atoms with Gasteiger partial charge in [0, 0.05) is 17.7 Å². The van der Waals surface area contributed by atoms with Crippen molar-refractivity contribution < 1.29 is 9.47 Å². The van der Waals surface area contributed by atoms with E-state index in [9.17, 15) is 0 Å². The molecule has 1 aromatic rings. The van der Waals surface area contributed by atoms with Crippen molar-refractivity contribution in [3.63, 3.8) is 0 Å². The molecule has 0 aliphatic heterocycles. The molecule has 2 atom stereocenters. The monoisotopic (exact) mass is 266 g/mol. The molecule has 4 heteroatoms. The van der Waals surface area contributed by atoms with Crippen LogP contribution in [0.2, 0.25) is 0 Å².